The van der Waals surface area contributed by atoms with Crippen LogP contribution >= 0.6 is 11.3 Å². The molecule has 2 N–H and O–H groups in total. The van der Waals surface area contributed by atoms with Crippen molar-refractivity contribution in [3.05, 3.63) is 27.1 Å². The lowest BCUT2D eigenvalue weighted by molar-refractivity contribution is -0.380. The molecule has 16 heavy (non-hydrogen) atoms. The van der Waals surface area contributed by atoms with E-state index >= 15 is 0 Å². The molecule has 1 heterocycles. The predicted octanol–water partition coefficient (Wildman–Crippen LogP) is 1.37. The lowest BCUT2D eigenvalue weighted by Gasteiger charge is -2.13. The maximum Gasteiger partial charge on any atom is 0.324 e. The van der Waals surface area contributed by atoms with E-state index < -0.39 is 24.0 Å². The number of nitrogens with zero attached hydrogens (tertiary/aromatic N) is 1. The second kappa shape index (κ2) is 5.28. The van der Waals surface area contributed by atoms with Crippen LogP contribution in [0.2, 0.25) is 0 Å². The lowest BCUT2D eigenvalue weighted by atomic mass is 10.3. The van der Waals surface area contributed by atoms with Crippen LogP contribution in [0.5, 0.6) is 0 Å². The van der Waals surface area contributed by atoms with Gasteiger partial charge in [0.1, 0.15) is 6.61 Å². The van der Waals surface area contributed by atoms with Crippen molar-refractivity contribution in [1.29, 1.82) is 0 Å². The van der Waals surface area contributed by atoms with Crippen LogP contribution in [-0.4, -0.2) is 29.1 Å². The Kier molecular flexibility index (Phi) is 4.27. The summed E-state index contributed by atoms with van der Waals surface area (Å²) < 4.78 is 25.1. The third-order valence-corrected chi connectivity index (χ3v) is 2.78. The monoisotopic (exact) mass is 252 g/mol. The average Bonchev–Trinajstić information content (AvgIpc) is 2.66. The summed E-state index contributed by atoms with van der Waals surface area (Å²) in [6, 6.07) is 2.83. The van der Waals surface area contributed by atoms with Crippen LogP contribution in [0, 0.1) is 10.1 Å². The van der Waals surface area contributed by atoms with E-state index in [0.29, 0.717) is 4.88 Å². The highest BCUT2D eigenvalue weighted by molar-refractivity contribution is 7.15. The summed E-state index contributed by atoms with van der Waals surface area (Å²) >= 11 is 0.930. The van der Waals surface area contributed by atoms with Crippen molar-refractivity contribution in [1.82, 2.24) is 5.32 Å². The van der Waals surface area contributed by atoms with Gasteiger partial charge in [-0.15, -0.1) is 0 Å². The number of thiophene rings is 1. The van der Waals surface area contributed by atoms with Gasteiger partial charge in [-0.05, 0) is 6.07 Å². The number of nitro groups is 1. The third kappa shape index (κ3) is 3.80. The first-order valence-corrected chi connectivity index (χ1v) is 5.19. The summed E-state index contributed by atoms with van der Waals surface area (Å²) in [5.41, 5.74) is 0. The molecule has 0 amide bonds. The van der Waals surface area contributed by atoms with Gasteiger partial charge in [0, 0.05) is 17.5 Å². The van der Waals surface area contributed by atoms with Gasteiger partial charge in [-0.1, -0.05) is 11.3 Å². The Morgan fingerprint density at radius 2 is 2.25 bits per heavy atom. The van der Waals surface area contributed by atoms with Crippen LogP contribution in [-0.2, 0) is 6.54 Å². The highest BCUT2D eigenvalue weighted by Gasteiger charge is 2.26. The minimum absolute atomic E-state index is 0.0225. The van der Waals surface area contributed by atoms with Gasteiger partial charge in [0.05, 0.1) is 11.5 Å². The van der Waals surface area contributed by atoms with E-state index in [0.717, 1.165) is 11.3 Å². The molecule has 0 saturated heterocycles. The molecule has 0 aliphatic heterocycles. The number of nitrogens with one attached hydrogen (secondary N) is 1. The molecule has 0 aliphatic rings. The van der Waals surface area contributed by atoms with E-state index in [4.69, 9.17) is 5.11 Å². The van der Waals surface area contributed by atoms with E-state index in [1.165, 1.54) is 12.1 Å². The first-order valence-electron chi connectivity index (χ1n) is 4.37. The van der Waals surface area contributed by atoms with Gasteiger partial charge in [-0.25, -0.2) is 8.78 Å². The van der Waals surface area contributed by atoms with Crippen molar-refractivity contribution in [2.45, 2.75) is 12.5 Å². The summed E-state index contributed by atoms with van der Waals surface area (Å²) in [4.78, 5) is 10.4. The smallest absolute Gasteiger partial charge is 0.324 e. The van der Waals surface area contributed by atoms with Gasteiger partial charge in [0.15, 0.2) is 0 Å². The van der Waals surface area contributed by atoms with Gasteiger partial charge in [-0.3, -0.25) is 10.1 Å². The Bertz CT molecular complexity index is 370. The molecule has 5 nitrogen and oxygen atoms in total. The van der Waals surface area contributed by atoms with Crippen molar-refractivity contribution in [2.24, 2.45) is 0 Å². The van der Waals surface area contributed by atoms with Crippen molar-refractivity contribution in [3.8, 4) is 0 Å². The fourth-order valence-electron chi connectivity index (χ4n) is 0.984. The maximum absolute atomic E-state index is 12.6. The maximum atomic E-state index is 12.6. The fourth-order valence-corrected chi connectivity index (χ4v) is 1.77. The van der Waals surface area contributed by atoms with Gasteiger partial charge in [0.2, 0.25) is 0 Å². The second-order valence-electron chi connectivity index (χ2n) is 3.11. The number of aliphatic hydroxyl groups excluding tert-OH is 1. The number of halogens is 2. The first-order chi connectivity index (χ1) is 7.44. The SMILES string of the molecule is O=[N+]([O-])c1ccc(CNCC(F)(F)CO)s1. The zero-order chi connectivity index (χ0) is 12.2. The van der Waals surface area contributed by atoms with Gasteiger partial charge < -0.3 is 10.4 Å². The molecule has 8 heteroatoms. The highest BCUT2D eigenvalue weighted by Crippen LogP contribution is 2.23. The van der Waals surface area contributed by atoms with Crippen LogP contribution in [0.3, 0.4) is 0 Å². The summed E-state index contributed by atoms with van der Waals surface area (Å²) in [6.45, 7) is -1.76. The number of rotatable bonds is 6. The quantitative estimate of drug-likeness (QED) is 0.592. The molecule has 90 valence electrons. The Labute approximate surface area is 93.9 Å². The van der Waals surface area contributed by atoms with E-state index in [1.54, 1.807) is 0 Å². The molecule has 0 bridgehead atoms. The summed E-state index contributed by atoms with van der Waals surface area (Å²) in [5.74, 6) is -3.16. The van der Waals surface area contributed by atoms with Crippen molar-refractivity contribution < 1.29 is 18.8 Å². The van der Waals surface area contributed by atoms with Crippen LogP contribution in [0.4, 0.5) is 13.8 Å². The molecule has 0 aliphatic carbocycles. The molecule has 0 radical (unpaired) electrons. The third-order valence-electron chi connectivity index (χ3n) is 1.74. The van der Waals surface area contributed by atoms with Crippen LogP contribution < -0.4 is 5.32 Å². The normalized spacial score (nSPS) is 11.7. The molecule has 1 aromatic heterocycles. The molecule has 0 aromatic carbocycles. The molecular weight excluding hydrogens is 242 g/mol. The Hall–Kier alpha value is -1.12. The highest BCUT2D eigenvalue weighted by atomic mass is 32.1. The molecule has 0 unspecified atom stereocenters. The molecule has 0 atom stereocenters. The van der Waals surface area contributed by atoms with E-state index in [-0.39, 0.29) is 11.5 Å². The zero-order valence-electron chi connectivity index (χ0n) is 8.15. The Morgan fingerprint density at radius 1 is 1.56 bits per heavy atom. The van der Waals surface area contributed by atoms with Crippen molar-refractivity contribution >= 4 is 16.3 Å². The largest absolute Gasteiger partial charge is 0.390 e. The van der Waals surface area contributed by atoms with Crippen molar-refractivity contribution in [3.63, 3.8) is 0 Å². The molecule has 0 fully saturated rings. The molecule has 1 aromatic rings. The number of hydrogen-bond acceptors (Lipinski definition) is 5. The van der Waals surface area contributed by atoms with Gasteiger partial charge in [-0.2, -0.15) is 0 Å². The minimum atomic E-state index is -3.16. The van der Waals surface area contributed by atoms with E-state index in [1.807, 2.05) is 0 Å². The predicted molar refractivity (Wildman–Crippen MR) is 54.7 cm³/mol. The van der Waals surface area contributed by atoms with Gasteiger partial charge in [0.25, 0.3) is 5.92 Å². The number of aliphatic hydroxyl groups is 1. The van der Waals surface area contributed by atoms with Crippen molar-refractivity contribution in [2.75, 3.05) is 13.2 Å². The Balaban J connectivity index is 2.40. The van der Waals surface area contributed by atoms with Crippen LogP contribution in [0.25, 0.3) is 0 Å². The summed E-state index contributed by atoms with van der Waals surface area (Å²) in [5, 5.41) is 21.0. The number of hydrogen-bond donors (Lipinski definition) is 2. The van der Waals surface area contributed by atoms with E-state index in [9.17, 15) is 18.9 Å². The average molecular weight is 252 g/mol. The standard InChI is InChI=1S/C8H10F2N2O3S/c9-8(10,5-13)4-11-3-6-1-2-7(16-6)12(14)15/h1-2,11,13H,3-5H2. The fraction of sp³-hybridized carbons (Fsp3) is 0.500. The molecule has 1 rings (SSSR count). The topological polar surface area (TPSA) is 75.4 Å². The number of alkyl halides is 2. The molecule has 0 saturated carbocycles. The zero-order valence-corrected chi connectivity index (χ0v) is 8.97. The molecule has 0 spiro atoms. The lowest BCUT2D eigenvalue weighted by Crippen LogP contribution is -2.35. The van der Waals surface area contributed by atoms with E-state index in [2.05, 4.69) is 5.32 Å². The van der Waals surface area contributed by atoms with Crippen LogP contribution in [0.15, 0.2) is 12.1 Å². The van der Waals surface area contributed by atoms with Gasteiger partial charge >= 0.3 is 5.00 Å². The first kappa shape index (κ1) is 12.9. The summed E-state index contributed by atoms with van der Waals surface area (Å²) in [6.07, 6.45) is 0. The second-order valence-corrected chi connectivity index (χ2v) is 4.26. The summed E-state index contributed by atoms with van der Waals surface area (Å²) in [7, 11) is 0. The minimum Gasteiger partial charge on any atom is -0.390 e. The molecular formula is C8H10F2N2O3S. The van der Waals surface area contributed by atoms with Crippen LogP contribution in [0.1, 0.15) is 4.88 Å². The Morgan fingerprint density at radius 3 is 2.75 bits per heavy atom.